The molecule has 0 heterocycles. The highest BCUT2D eigenvalue weighted by Gasteiger charge is 2.18. The summed E-state index contributed by atoms with van der Waals surface area (Å²) in [6.07, 6.45) is -1.03. The van der Waals surface area contributed by atoms with Crippen molar-refractivity contribution in [2.45, 2.75) is 22.8 Å². The molecule has 2 aromatic rings. The van der Waals surface area contributed by atoms with Crippen LogP contribution in [0, 0.1) is 0 Å². The van der Waals surface area contributed by atoms with Crippen LogP contribution < -0.4 is 4.74 Å². The predicted molar refractivity (Wildman–Crippen MR) is 94.3 cm³/mol. The predicted octanol–water partition coefficient (Wildman–Crippen LogP) is 2.93. The lowest BCUT2D eigenvalue weighted by Crippen LogP contribution is -2.22. The third-order valence-electron chi connectivity index (χ3n) is 3.28. The second-order valence-corrected chi connectivity index (χ2v) is 7.55. The van der Waals surface area contributed by atoms with Crippen molar-refractivity contribution in [3.05, 3.63) is 48.5 Å². The Hall–Kier alpha value is -2.94. The summed E-state index contributed by atoms with van der Waals surface area (Å²) >= 11 is 0. The van der Waals surface area contributed by atoms with Gasteiger partial charge < -0.3 is 9.84 Å². The monoisotopic (exact) mass is 377 g/mol. The number of rotatable bonds is 7. The largest absolute Gasteiger partial charge is 0.479 e. The van der Waals surface area contributed by atoms with E-state index in [-0.39, 0.29) is 15.5 Å². The Labute approximate surface area is 151 Å². The highest BCUT2D eigenvalue weighted by atomic mass is 32.2. The summed E-state index contributed by atoms with van der Waals surface area (Å²) in [6.45, 7) is 1.39. The Balaban J connectivity index is 2.20. The van der Waals surface area contributed by atoms with Gasteiger partial charge in [0.15, 0.2) is 6.10 Å². The van der Waals surface area contributed by atoms with Crippen LogP contribution in [0.2, 0.25) is 0 Å². The van der Waals surface area contributed by atoms with Crippen molar-refractivity contribution in [3.63, 3.8) is 0 Å². The van der Waals surface area contributed by atoms with Gasteiger partial charge in [-0.2, -0.15) is 0 Å². The van der Waals surface area contributed by atoms with Crippen molar-refractivity contribution in [2.24, 2.45) is 10.3 Å². The van der Waals surface area contributed by atoms with Crippen LogP contribution in [0.5, 0.6) is 5.75 Å². The summed E-state index contributed by atoms with van der Waals surface area (Å²) in [6, 6.07) is 11.6. The Morgan fingerprint density at radius 2 is 1.54 bits per heavy atom. The van der Waals surface area contributed by atoms with E-state index in [1.165, 1.54) is 48.3 Å². The van der Waals surface area contributed by atoms with E-state index in [4.69, 9.17) is 9.84 Å². The fourth-order valence-electron chi connectivity index (χ4n) is 1.92. The number of carbonyl (C=O) groups is 1. The first-order chi connectivity index (χ1) is 12.2. The Bertz CT molecular complexity index is 891. The number of hydrogen-bond acceptors (Lipinski definition) is 6. The smallest absolute Gasteiger partial charge is 0.344 e. The lowest BCUT2D eigenvalue weighted by atomic mass is 10.3. The molecule has 0 spiro atoms. The second kappa shape index (κ2) is 7.96. The molecule has 0 aromatic heterocycles. The Kier molecular flexibility index (Phi) is 5.93. The maximum Gasteiger partial charge on any atom is 0.344 e. The van der Waals surface area contributed by atoms with Gasteiger partial charge in [-0.1, -0.05) is 5.22 Å². The average molecular weight is 377 g/mol. The molecular weight excluding hydrogens is 358 g/mol. The molecule has 0 aliphatic rings. The van der Waals surface area contributed by atoms with Gasteiger partial charge >= 0.3 is 5.97 Å². The number of sulfone groups is 1. The van der Waals surface area contributed by atoms with Gasteiger partial charge in [0.2, 0.25) is 9.84 Å². The van der Waals surface area contributed by atoms with Gasteiger partial charge in [0.25, 0.3) is 0 Å². The van der Waals surface area contributed by atoms with Crippen molar-refractivity contribution in [2.75, 3.05) is 14.1 Å². The number of nitrogens with zero attached hydrogens (tertiary/aromatic N) is 3. The lowest BCUT2D eigenvalue weighted by molar-refractivity contribution is -0.144. The molecule has 0 amide bonds. The molecule has 0 aliphatic carbocycles. The third-order valence-corrected chi connectivity index (χ3v) is 5.07. The summed E-state index contributed by atoms with van der Waals surface area (Å²) in [5.74, 6) is -0.827. The van der Waals surface area contributed by atoms with Crippen molar-refractivity contribution in [3.8, 4) is 5.75 Å². The van der Waals surface area contributed by atoms with E-state index in [9.17, 15) is 13.2 Å². The Morgan fingerprint density at radius 1 is 1.04 bits per heavy atom. The van der Waals surface area contributed by atoms with Crippen LogP contribution in [0.25, 0.3) is 0 Å². The molecule has 0 bridgehead atoms. The summed E-state index contributed by atoms with van der Waals surface area (Å²) in [4.78, 5) is 11.0. The minimum absolute atomic E-state index is 0.0792. The summed E-state index contributed by atoms with van der Waals surface area (Å²) in [5, 5.41) is 18.1. The maximum absolute atomic E-state index is 12.7. The van der Waals surface area contributed by atoms with Gasteiger partial charge in [0, 0.05) is 14.1 Å². The summed E-state index contributed by atoms with van der Waals surface area (Å²) < 4.78 is 30.5. The molecule has 8 nitrogen and oxygen atoms in total. The molecule has 2 rings (SSSR count). The first kappa shape index (κ1) is 19.4. The molecule has 2 aromatic carbocycles. The minimum Gasteiger partial charge on any atom is -0.479 e. The number of benzene rings is 2. The first-order valence-electron chi connectivity index (χ1n) is 7.64. The van der Waals surface area contributed by atoms with Gasteiger partial charge in [0.1, 0.15) is 5.75 Å². The highest BCUT2D eigenvalue weighted by Crippen LogP contribution is 2.25. The second-order valence-electron chi connectivity index (χ2n) is 5.60. The van der Waals surface area contributed by atoms with Gasteiger partial charge in [0.05, 0.1) is 15.5 Å². The van der Waals surface area contributed by atoms with Crippen LogP contribution >= 0.6 is 0 Å². The molecule has 1 unspecified atom stereocenters. The minimum atomic E-state index is -3.70. The van der Waals surface area contributed by atoms with Crippen molar-refractivity contribution < 1.29 is 23.1 Å². The zero-order chi connectivity index (χ0) is 19.3. The molecule has 0 fully saturated rings. The average Bonchev–Trinajstić information content (AvgIpc) is 2.60. The summed E-state index contributed by atoms with van der Waals surface area (Å²) in [5.41, 5.74) is 0.532. The van der Waals surface area contributed by atoms with Crippen LogP contribution in [-0.2, 0) is 14.6 Å². The number of aliphatic carboxylic acids is 1. The molecule has 1 atom stereocenters. The molecule has 138 valence electrons. The molecule has 9 heteroatoms. The van der Waals surface area contributed by atoms with E-state index >= 15 is 0 Å². The number of ether oxygens (including phenoxy) is 1. The standard InChI is InChI=1S/C17H19N3O5S/c1-12(17(21)22)25-14-6-10-16(11-7-14)26(23,24)15-8-4-13(5-9-15)18-19-20(2)3/h4-12H,1-3H3,(H,21,22). The molecule has 0 saturated carbocycles. The maximum atomic E-state index is 12.7. The fourth-order valence-corrected chi connectivity index (χ4v) is 3.18. The topological polar surface area (TPSA) is 109 Å². The first-order valence-corrected chi connectivity index (χ1v) is 9.12. The molecule has 26 heavy (non-hydrogen) atoms. The van der Waals surface area contributed by atoms with Crippen LogP contribution in [0.15, 0.2) is 68.7 Å². The van der Waals surface area contributed by atoms with Gasteiger partial charge in [-0.15, -0.1) is 5.11 Å². The van der Waals surface area contributed by atoms with Crippen LogP contribution in [-0.4, -0.2) is 44.7 Å². The lowest BCUT2D eigenvalue weighted by Gasteiger charge is -2.11. The normalized spacial score (nSPS) is 12.7. The Morgan fingerprint density at radius 3 is 2.00 bits per heavy atom. The van der Waals surface area contributed by atoms with Gasteiger partial charge in [-0.05, 0) is 55.5 Å². The quantitative estimate of drug-likeness (QED) is 0.587. The number of carboxylic acid groups (broad SMARTS) is 1. The van der Waals surface area contributed by atoms with E-state index in [0.29, 0.717) is 5.69 Å². The molecular formula is C17H19N3O5S. The van der Waals surface area contributed by atoms with Crippen molar-refractivity contribution in [1.82, 2.24) is 5.01 Å². The van der Waals surface area contributed by atoms with Gasteiger partial charge in [-0.25, -0.2) is 13.2 Å². The van der Waals surface area contributed by atoms with E-state index in [1.54, 1.807) is 26.2 Å². The molecule has 0 aliphatic heterocycles. The van der Waals surface area contributed by atoms with Crippen molar-refractivity contribution in [1.29, 1.82) is 0 Å². The zero-order valence-corrected chi connectivity index (χ0v) is 15.3. The SMILES string of the molecule is CC(Oc1ccc(S(=O)(=O)c2ccc(N=NN(C)C)cc2)cc1)C(=O)O. The molecule has 0 saturated heterocycles. The summed E-state index contributed by atoms with van der Waals surface area (Å²) in [7, 11) is -0.245. The van der Waals surface area contributed by atoms with E-state index in [1.807, 2.05) is 0 Å². The molecule has 0 radical (unpaired) electrons. The van der Waals surface area contributed by atoms with Crippen LogP contribution in [0.1, 0.15) is 6.92 Å². The van der Waals surface area contributed by atoms with Crippen LogP contribution in [0.4, 0.5) is 5.69 Å². The van der Waals surface area contributed by atoms with Gasteiger partial charge in [-0.3, -0.25) is 5.01 Å². The van der Waals surface area contributed by atoms with E-state index in [2.05, 4.69) is 10.3 Å². The van der Waals surface area contributed by atoms with E-state index in [0.717, 1.165) is 0 Å². The fraction of sp³-hybridized carbons (Fsp3) is 0.235. The van der Waals surface area contributed by atoms with Crippen LogP contribution in [0.3, 0.4) is 0 Å². The third kappa shape index (κ3) is 4.79. The van der Waals surface area contributed by atoms with Crippen molar-refractivity contribution >= 4 is 21.5 Å². The molecule has 1 N–H and O–H groups in total. The number of carboxylic acids is 1. The number of hydrogen-bond donors (Lipinski definition) is 1. The van der Waals surface area contributed by atoms with E-state index < -0.39 is 21.9 Å². The zero-order valence-electron chi connectivity index (χ0n) is 14.5. The highest BCUT2D eigenvalue weighted by molar-refractivity contribution is 7.91.